The van der Waals surface area contributed by atoms with Crippen LogP contribution in [0, 0.1) is 0 Å². The summed E-state index contributed by atoms with van der Waals surface area (Å²) < 4.78 is 0. The number of hydrogen-bond acceptors (Lipinski definition) is 2. The van der Waals surface area contributed by atoms with Crippen LogP contribution in [0.3, 0.4) is 0 Å². The van der Waals surface area contributed by atoms with Crippen LogP contribution in [-0.4, -0.2) is 29.8 Å². The Labute approximate surface area is 152 Å². The molecule has 130 valence electrons. The van der Waals surface area contributed by atoms with E-state index in [2.05, 4.69) is 11.4 Å². The Morgan fingerprint density at radius 2 is 2.00 bits per heavy atom. The van der Waals surface area contributed by atoms with E-state index < -0.39 is 0 Å². The summed E-state index contributed by atoms with van der Waals surface area (Å²) in [5.74, 6) is -0.350. The van der Waals surface area contributed by atoms with E-state index in [1.165, 1.54) is 25.3 Å². The molecule has 0 fully saturated rings. The highest BCUT2D eigenvalue weighted by Crippen LogP contribution is 2.25. The van der Waals surface area contributed by atoms with Crippen molar-refractivity contribution in [2.75, 3.05) is 18.4 Å². The SMILES string of the molecule is CC(=O)N(CCC1=CCCCC1)CC(=O)Nc1ccc(Cl)c(Cl)c1. The molecular formula is C18H22Cl2N2O2. The van der Waals surface area contributed by atoms with Crippen LogP contribution in [0.5, 0.6) is 0 Å². The van der Waals surface area contributed by atoms with Crippen LogP contribution in [-0.2, 0) is 9.59 Å². The molecule has 0 unspecified atom stereocenters. The van der Waals surface area contributed by atoms with E-state index in [1.54, 1.807) is 23.1 Å². The van der Waals surface area contributed by atoms with Gasteiger partial charge >= 0.3 is 0 Å². The van der Waals surface area contributed by atoms with Crippen LogP contribution in [0.15, 0.2) is 29.8 Å². The molecule has 1 aliphatic rings. The summed E-state index contributed by atoms with van der Waals surface area (Å²) in [7, 11) is 0. The smallest absolute Gasteiger partial charge is 0.243 e. The van der Waals surface area contributed by atoms with Crippen molar-refractivity contribution >= 4 is 40.7 Å². The minimum Gasteiger partial charge on any atom is -0.333 e. The van der Waals surface area contributed by atoms with Crippen LogP contribution in [0.4, 0.5) is 5.69 Å². The van der Waals surface area contributed by atoms with Gasteiger partial charge in [0.2, 0.25) is 11.8 Å². The number of amides is 2. The molecule has 2 amide bonds. The first kappa shape index (κ1) is 18.8. The molecule has 0 saturated heterocycles. The maximum absolute atomic E-state index is 12.2. The molecule has 0 radical (unpaired) electrons. The Morgan fingerprint density at radius 1 is 1.21 bits per heavy atom. The van der Waals surface area contributed by atoms with E-state index in [9.17, 15) is 9.59 Å². The Morgan fingerprint density at radius 3 is 2.62 bits per heavy atom. The molecule has 0 saturated carbocycles. The predicted molar refractivity (Wildman–Crippen MR) is 98.5 cm³/mol. The maximum atomic E-state index is 12.2. The molecule has 4 nitrogen and oxygen atoms in total. The lowest BCUT2D eigenvalue weighted by atomic mass is 9.97. The van der Waals surface area contributed by atoms with Crippen LogP contribution in [0.2, 0.25) is 10.0 Å². The van der Waals surface area contributed by atoms with Crippen molar-refractivity contribution in [3.63, 3.8) is 0 Å². The van der Waals surface area contributed by atoms with Crippen molar-refractivity contribution in [1.29, 1.82) is 0 Å². The van der Waals surface area contributed by atoms with E-state index in [4.69, 9.17) is 23.2 Å². The quantitative estimate of drug-likeness (QED) is 0.741. The second-order valence-electron chi connectivity index (χ2n) is 5.98. The summed E-state index contributed by atoms with van der Waals surface area (Å²) in [6, 6.07) is 4.89. The fourth-order valence-corrected chi connectivity index (χ4v) is 3.00. The molecular weight excluding hydrogens is 347 g/mol. The highest BCUT2D eigenvalue weighted by molar-refractivity contribution is 6.42. The first-order chi connectivity index (χ1) is 11.5. The number of rotatable bonds is 6. The molecule has 0 heterocycles. The van der Waals surface area contributed by atoms with Gasteiger partial charge in [-0.15, -0.1) is 0 Å². The molecule has 1 aromatic carbocycles. The number of benzene rings is 1. The van der Waals surface area contributed by atoms with Crippen molar-refractivity contribution in [3.8, 4) is 0 Å². The Balaban J connectivity index is 1.89. The third kappa shape index (κ3) is 5.84. The number of hydrogen-bond donors (Lipinski definition) is 1. The zero-order valence-electron chi connectivity index (χ0n) is 13.8. The third-order valence-electron chi connectivity index (χ3n) is 4.07. The minimum atomic E-state index is -0.249. The number of allylic oxidation sites excluding steroid dienone is 1. The Kier molecular flexibility index (Phi) is 7.13. The van der Waals surface area contributed by atoms with Gasteiger partial charge in [-0.3, -0.25) is 9.59 Å². The number of carbonyl (C=O) groups excluding carboxylic acids is 2. The zero-order valence-corrected chi connectivity index (χ0v) is 15.3. The van der Waals surface area contributed by atoms with Gasteiger partial charge in [0.05, 0.1) is 16.6 Å². The average Bonchev–Trinajstić information content (AvgIpc) is 2.55. The third-order valence-corrected chi connectivity index (χ3v) is 4.81. The standard InChI is InChI=1S/C18H22Cl2N2O2/c1-13(23)22(10-9-14-5-3-2-4-6-14)12-18(24)21-15-7-8-16(19)17(20)11-15/h5,7-8,11H,2-4,6,9-10,12H2,1H3,(H,21,24). The van der Waals surface area contributed by atoms with Crippen LogP contribution < -0.4 is 5.32 Å². The van der Waals surface area contributed by atoms with Crippen LogP contribution >= 0.6 is 23.2 Å². The van der Waals surface area contributed by atoms with Crippen LogP contribution in [0.1, 0.15) is 39.0 Å². The zero-order chi connectivity index (χ0) is 17.5. The van der Waals surface area contributed by atoms with Gasteiger partial charge in [-0.25, -0.2) is 0 Å². The van der Waals surface area contributed by atoms with Gasteiger partial charge in [-0.1, -0.05) is 34.9 Å². The summed E-state index contributed by atoms with van der Waals surface area (Å²) in [4.78, 5) is 25.5. The summed E-state index contributed by atoms with van der Waals surface area (Å²) in [6.07, 6.45) is 7.77. The Hall–Kier alpha value is -1.52. The lowest BCUT2D eigenvalue weighted by molar-refractivity contribution is -0.132. The molecule has 1 aromatic rings. The lowest BCUT2D eigenvalue weighted by Crippen LogP contribution is -2.37. The minimum absolute atomic E-state index is 0.0306. The van der Waals surface area contributed by atoms with Gasteiger partial charge in [0.25, 0.3) is 0 Å². The predicted octanol–water partition coefficient (Wildman–Crippen LogP) is 4.67. The first-order valence-corrected chi connectivity index (χ1v) is 8.89. The molecule has 0 bridgehead atoms. The lowest BCUT2D eigenvalue weighted by Gasteiger charge is -2.22. The molecule has 0 spiro atoms. The fourth-order valence-electron chi connectivity index (χ4n) is 2.71. The normalized spacial score (nSPS) is 14.0. The van der Waals surface area contributed by atoms with E-state index in [1.807, 2.05) is 0 Å². The highest BCUT2D eigenvalue weighted by Gasteiger charge is 2.15. The molecule has 0 aliphatic heterocycles. The van der Waals surface area contributed by atoms with Gasteiger partial charge < -0.3 is 10.2 Å². The highest BCUT2D eigenvalue weighted by atomic mass is 35.5. The summed E-state index contributed by atoms with van der Waals surface area (Å²) in [6.45, 7) is 2.08. The molecule has 24 heavy (non-hydrogen) atoms. The maximum Gasteiger partial charge on any atom is 0.243 e. The van der Waals surface area contributed by atoms with Crippen molar-refractivity contribution in [2.45, 2.75) is 39.0 Å². The monoisotopic (exact) mass is 368 g/mol. The Bertz CT molecular complexity index is 644. The van der Waals surface area contributed by atoms with E-state index >= 15 is 0 Å². The summed E-state index contributed by atoms with van der Waals surface area (Å²) in [5.41, 5.74) is 1.95. The summed E-state index contributed by atoms with van der Waals surface area (Å²) >= 11 is 11.8. The average molecular weight is 369 g/mol. The fraction of sp³-hybridized carbons (Fsp3) is 0.444. The molecule has 6 heteroatoms. The number of carbonyl (C=O) groups is 2. The van der Waals surface area contributed by atoms with Gasteiger partial charge in [-0.05, 0) is 50.3 Å². The van der Waals surface area contributed by atoms with Gasteiger partial charge in [0.1, 0.15) is 0 Å². The number of nitrogens with one attached hydrogen (secondary N) is 1. The molecule has 0 aromatic heterocycles. The molecule has 1 aliphatic carbocycles. The number of nitrogens with zero attached hydrogens (tertiary/aromatic N) is 1. The largest absolute Gasteiger partial charge is 0.333 e. The van der Waals surface area contributed by atoms with Crippen molar-refractivity contribution in [3.05, 3.63) is 39.9 Å². The van der Waals surface area contributed by atoms with E-state index in [-0.39, 0.29) is 18.4 Å². The number of halogens is 2. The van der Waals surface area contributed by atoms with E-state index in [0.717, 1.165) is 19.3 Å². The van der Waals surface area contributed by atoms with Crippen molar-refractivity contribution in [2.24, 2.45) is 0 Å². The molecule has 2 rings (SSSR count). The summed E-state index contributed by atoms with van der Waals surface area (Å²) in [5, 5.41) is 3.55. The first-order valence-electron chi connectivity index (χ1n) is 8.14. The second-order valence-corrected chi connectivity index (χ2v) is 6.79. The second kappa shape index (κ2) is 9.09. The van der Waals surface area contributed by atoms with Crippen molar-refractivity contribution in [1.82, 2.24) is 4.90 Å². The molecule has 0 atom stereocenters. The molecule has 1 N–H and O–H groups in total. The van der Waals surface area contributed by atoms with Gasteiger partial charge in [-0.2, -0.15) is 0 Å². The topological polar surface area (TPSA) is 49.4 Å². The van der Waals surface area contributed by atoms with Gasteiger partial charge in [0, 0.05) is 19.2 Å². The van der Waals surface area contributed by atoms with Crippen LogP contribution in [0.25, 0.3) is 0 Å². The number of anilines is 1. The van der Waals surface area contributed by atoms with Gasteiger partial charge in [0.15, 0.2) is 0 Å². The van der Waals surface area contributed by atoms with E-state index in [0.29, 0.717) is 22.3 Å². The van der Waals surface area contributed by atoms with Crippen molar-refractivity contribution < 1.29 is 9.59 Å².